The van der Waals surface area contributed by atoms with Crippen LogP contribution in [0.4, 0.5) is 52.7 Å². The number of alkyl halides is 12. The number of hydrogen-bond acceptors (Lipinski definition) is 24. The summed E-state index contributed by atoms with van der Waals surface area (Å²) in [5.74, 6) is 0. The molecule has 0 aliphatic rings. The molecule has 0 aliphatic heterocycles. The van der Waals surface area contributed by atoms with E-state index in [0.29, 0.717) is 83.2 Å². The van der Waals surface area contributed by atoms with Crippen LogP contribution in [-0.2, 0) is 58.3 Å². The van der Waals surface area contributed by atoms with E-state index in [9.17, 15) is 111 Å². The number of rotatable bonds is 12. The summed E-state index contributed by atoms with van der Waals surface area (Å²) in [6.07, 6.45) is -7.41. The summed E-state index contributed by atoms with van der Waals surface area (Å²) in [6, 6.07) is 43.6. The highest BCUT2D eigenvalue weighted by atomic mass is 19.4. The van der Waals surface area contributed by atoms with Crippen LogP contribution in [0.1, 0.15) is 45.0 Å². The van der Waals surface area contributed by atoms with Crippen molar-refractivity contribution in [3.05, 3.63) is 372 Å². The second-order valence-corrected chi connectivity index (χ2v) is 30.5. The molecule has 32 nitrogen and oxygen atoms in total. The van der Waals surface area contributed by atoms with E-state index in [1.807, 2.05) is 19.1 Å². The van der Waals surface area contributed by atoms with E-state index in [1.165, 1.54) is 92.9 Å². The Morgan fingerprint density at radius 2 is 0.601 bits per heavy atom. The third-order valence-corrected chi connectivity index (χ3v) is 21.8. The van der Waals surface area contributed by atoms with Gasteiger partial charge in [-0.3, -0.25) is 91.9 Å². The molecule has 20 rings (SSSR count). The number of halogens is 12. The van der Waals surface area contributed by atoms with Crippen LogP contribution in [0.3, 0.4) is 0 Å². The quantitative estimate of drug-likeness (QED) is 0.0489. The molecule has 6 N–H and O–H groups in total. The van der Waals surface area contributed by atoms with Crippen molar-refractivity contribution in [1.82, 2.24) is 97.2 Å². The molecule has 138 heavy (non-hydrogen) atoms. The van der Waals surface area contributed by atoms with Crippen LogP contribution in [0.15, 0.2) is 282 Å². The largest absolute Gasteiger partial charge is 0.416 e. The van der Waals surface area contributed by atoms with Crippen LogP contribution < -0.4 is 45.0 Å². The van der Waals surface area contributed by atoms with E-state index < -0.39 is 98.7 Å². The molecule has 44 heteroatoms. The normalized spacial score (nSPS) is 11.9. The number of pyridine rings is 12. The van der Waals surface area contributed by atoms with E-state index >= 15 is 0 Å². The molecule has 0 saturated heterocycles. The van der Waals surface area contributed by atoms with Crippen molar-refractivity contribution >= 4 is 87.7 Å². The van der Waals surface area contributed by atoms with Gasteiger partial charge in [-0.25, -0.2) is 43.7 Å². The topological polar surface area (TPSA) is 433 Å². The summed E-state index contributed by atoms with van der Waals surface area (Å²) in [7, 11) is 1.25. The van der Waals surface area contributed by atoms with Gasteiger partial charge in [-0.05, 0) is 177 Å². The Kier molecular flexibility index (Phi) is 24.4. The minimum absolute atomic E-state index is 0.0112. The predicted molar refractivity (Wildman–Crippen MR) is 479 cm³/mol. The molecule has 0 spiro atoms. The lowest BCUT2D eigenvalue weighted by Crippen LogP contribution is -2.39. The van der Waals surface area contributed by atoms with E-state index in [-0.39, 0.29) is 114 Å². The Morgan fingerprint density at radius 3 is 0.891 bits per heavy atom. The number of aromatic amines is 2. The molecule has 0 bridgehead atoms. The Bertz CT molecular complexity index is 8840. The van der Waals surface area contributed by atoms with Gasteiger partial charge in [0.25, 0.3) is 22.2 Å². The van der Waals surface area contributed by atoms with Crippen molar-refractivity contribution in [1.29, 1.82) is 0 Å². The summed E-state index contributed by atoms with van der Waals surface area (Å²) in [4.78, 5) is 159. The van der Waals surface area contributed by atoms with Crippen LogP contribution in [-0.4, -0.2) is 118 Å². The zero-order chi connectivity index (χ0) is 97.9. The first-order valence-electron chi connectivity index (χ1n) is 40.6. The van der Waals surface area contributed by atoms with Gasteiger partial charge in [0, 0.05) is 84.6 Å². The molecule has 16 aromatic heterocycles. The molecule has 0 radical (unpaired) electrons. The number of fused-ring (bicyclic) bond motifs is 12. The minimum atomic E-state index is -4.68. The fourth-order valence-corrected chi connectivity index (χ4v) is 15.0. The van der Waals surface area contributed by atoms with Crippen molar-refractivity contribution in [2.75, 3.05) is 0 Å². The highest BCUT2D eigenvalue weighted by Gasteiger charge is 2.36. The van der Waals surface area contributed by atoms with E-state index in [0.717, 1.165) is 83.1 Å². The van der Waals surface area contributed by atoms with Gasteiger partial charge in [0.1, 0.15) is 28.8 Å². The number of aliphatic hydroxyl groups excluding tert-OH is 4. The Labute approximate surface area is 759 Å². The smallest absolute Gasteiger partial charge is 0.390 e. The first kappa shape index (κ1) is 92.3. The second kappa shape index (κ2) is 36.5. The SMILES string of the molecule is Cc1ccc(-c2ccc3ncc4c(=O)[nH]c(=O)n(-c5cccc(C(F)(F)F)c5)c4c3n2)cn1.Cn1c(=O)c2cnc3ccc(-c4ccc(CO)nc4)nc3c2n(-c2cccc(C(F)(F)F)c2)c1=O.O=c1[nH]c(=O)n(-c2cccc(C(F)(F)F)c2)c2c1cnc1ccc(-c3ccc(CO)nc3)nc12.O=c1c2cnc3ccc(-c4ccc(CO)nc4)nc3c2n(-c2cccc(C(F)(F)F)c2)c(=O)n1CO. The fraction of sp³-hybridized carbons (Fsp3) is 0.106. The number of H-pyrrole nitrogens is 2. The number of aromatic nitrogens is 20. The molecule has 4 aromatic carbocycles. The molecular weight excluding hydrogens is 1830 g/mol. The highest BCUT2D eigenvalue weighted by molar-refractivity contribution is 6.05. The van der Waals surface area contributed by atoms with E-state index in [2.05, 4.69) is 69.8 Å². The maximum Gasteiger partial charge on any atom is 0.416 e. The number of benzene rings is 4. The van der Waals surface area contributed by atoms with Gasteiger partial charge in [-0.2, -0.15) is 52.7 Å². The Balaban J connectivity index is 0.000000127. The molecular formula is C94H60F12N20O12. The summed E-state index contributed by atoms with van der Waals surface area (Å²) in [5, 5.41) is 37.2. The lowest BCUT2D eigenvalue weighted by Gasteiger charge is -2.16. The lowest BCUT2D eigenvalue weighted by atomic mass is 10.1. The monoisotopic (exact) mass is 1890 g/mol. The second-order valence-electron chi connectivity index (χ2n) is 30.5. The molecule has 0 atom stereocenters. The first-order chi connectivity index (χ1) is 65.9. The zero-order valence-corrected chi connectivity index (χ0v) is 70.6. The maximum absolute atomic E-state index is 13.4. The van der Waals surface area contributed by atoms with Gasteiger partial charge in [0.2, 0.25) is 0 Å². The van der Waals surface area contributed by atoms with E-state index in [1.54, 1.807) is 91.1 Å². The van der Waals surface area contributed by atoms with E-state index in [4.69, 9.17) is 0 Å². The predicted octanol–water partition coefficient (Wildman–Crippen LogP) is 13.0. The third kappa shape index (κ3) is 17.9. The number of hydrogen-bond donors (Lipinski definition) is 6. The van der Waals surface area contributed by atoms with Gasteiger partial charge < -0.3 is 20.4 Å². The molecule has 20 aromatic rings. The van der Waals surface area contributed by atoms with Gasteiger partial charge in [0.15, 0.2) is 0 Å². The average Bonchev–Trinajstić information content (AvgIpc) is 0.783. The summed E-state index contributed by atoms with van der Waals surface area (Å²) in [6.45, 7) is 0.148. The number of nitrogens with zero attached hydrogens (tertiary/aromatic N) is 18. The fourth-order valence-electron chi connectivity index (χ4n) is 15.0. The average molecular weight is 1890 g/mol. The van der Waals surface area contributed by atoms with Crippen molar-refractivity contribution in [3.63, 3.8) is 0 Å². The molecule has 0 unspecified atom stereocenters. The number of aliphatic hydroxyl groups is 4. The summed E-state index contributed by atoms with van der Waals surface area (Å²) in [5.41, 5.74) is -2.41. The Hall–Kier alpha value is -17.5. The van der Waals surface area contributed by atoms with Crippen molar-refractivity contribution in [2.24, 2.45) is 7.05 Å². The molecule has 0 amide bonds. The molecule has 16 heterocycles. The maximum atomic E-state index is 13.4. The molecule has 0 aliphatic carbocycles. The minimum Gasteiger partial charge on any atom is -0.390 e. The van der Waals surface area contributed by atoms with Crippen LogP contribution in [0.5, 0.6) is 0 Å². The third-order valence-electron chi connectivity index (χ3n) is 21.8. The van der Waals surface area contributed by atoms with Gasteiger partial charge in [-0.15, -0.1) is 0 Å². The van der Waals surface area contributed by atoms with Crippen molar-refractivity contribution in [3.8, 4) is 67.8 Å². The van der Waals surface area contributed by atoms with Crippen molar-refractivity contribution < 1.29 is 73.1 Å². The zero-order valence-electron chi connectivity index (χ0n) is 70.6. The van der Waals surface area contributed by atoms with Gasteiger partial charge in [-0.1, -0.05) is 24.3 Å². The lowest BCUT2D eigenvalue weighted by molar-refractivity contribution is -0.138. The highest BCUT2D eigenvalue weighted by Crippen LogP contribution is 2.38. The van der Waals surface area contributed by atoms with Crippen molar-refractivity contribution in [2.45, 2.75) is 58.2 Å². The van der Waals surface area contributed by atoms with Crippen LogP contribution in [0.25, 0.3) is 156 Å². The van der Waals surface area contributed by atoms with Crippen LogP contribution in [0, 0.1) is 6.92 Å². The Morgan fingerprint density at radius 1 is 0.312 bits per heavy atom. The summed E-state index contributed by atoms with van der Waals surface area (Å²) >= 11 is 0. The summed E-state index contributed by atoms with van der Waals surface area (Å²) < 4.78 is 166. The molecule has 0 saturated carbocycles. The van der Waals surface area contributed by atoms with Crippen LogP contribution >= 0.6 is 0 Å². The van der Waals surface area contributed by atoms with Gasteiger partial charge >= 0.3 is 47.5 Å². The molecule has 692 valence electrons. The van der Waals surface area contributed by atoms with Crippen LogP contribution in [0.2, 0.25) is 0 Å². The molecule has 0 fully saturated rings. The number of nitrogens with one attached hydrogen (secondary N) is 2. The number of aryl methyl sites for hydroxylation is 1. The first-order valence-corrected chi connectivity index (χ1v) is 40.6. The standard InChI is InChI=1S/C24H16F3N5O4.C24H16F3N5O3.C23H14F3N5O3.C23H14F3N5O2/c25-24(26,27)14-2-1-3-16(8-14)32-21-17(22(35)31(12-34)23(32)36)10-29-19-7-6-18(30-20(19)21)13-4-5-15(11-33)28-9-13;1-31-22(34)17-11-29-19-8-7-18(13-5-6-15(12-33)28-10-13)30-20(19)21(17)32(23(31)35)16-4-2-3-14(9-16)24(25,26)27;24-23(25,26)13-2-1-3-15(8-13)31-20-16(21(33)30-22(31)34)10-28-18-7-6-17(29-19(18)20)12-4-5-14(11-32)27-9-12;1-12-5-6-13(10-27-12)17-7-8-18-19(29-17)20-16(11-28-18)21(32)30-22(33)31(20)15-4-2-3-14(9-15)23(24,25)26/h1-10,33-34H,11-12H2;2-11,33H,12H2,1H3;1-10,32H,11H2,(H,30,33,34);2-11H,1H3,(H,30,32,33). The van der Waals surface area contributed by atoms with Gasteiger partial charge in [0.05, 0.1) is 170 Å².